The average Bonchev–Trinajstić information content (AvgIpc) is 3.01. The average molecular weight is 300 g/mol. The Hall–Kier alpha value is -1.30. The van der Waals surface area contributed by atoms with Crippen LogP contribution in [0.2, 0.25) is 5.02 Å². The molecule has 0 bridgehead atoms. The van der Waals surface area contributed by atoms with Gasteiger partial charge in [0.25, 0.3) is 0 Å². The lowest BCUT2D eigenvalue weighted by Gasteiger charge is -2.12. The molecule has 1 N–H and O–H groups in total. The van der Waals surface area contributed by atoms with Crippen LogP contribution in [0.25, 0.3) is 0 Å². The molecule has 0 radical (unpaired) electrons. The molecule has 2 aromatic rings. The van der Waals surface area contributed by atoms with Gasteiger partial charge in [-0.3, -0.25) is 0 Å². The monoisotopic (exact) mass is 299 g/mol. The largest absolute Gasteiger partial charge is 0.463 e. The maximum Gasteiger partial charge on any atom is 0.373 e. The molecule has 1 unspecified atom stereocenters. The van der Waals surface area contributed by atoms with E-state index in [2.05, 4.69) is 10.1 Å². The van der Waals surface area contributed by atoms with E-state index in [1.54, 1.807) is 23.5 Å². The van der Waals surface area contributed by atoms with Crippen LogP contribution in [0.1, 0.15) is 32.8 Å². The molecule has 0 fully saturated rings. The van der Waals surface area contributed by atoms with Crippen LogP contribution >= 0.6 is 22.9 Å². The van der Waals surface area contributed by atoms with E-state index in [1.165, 1.54) is 7.11 Å². The number of rotatable bonds is 4. The number of hydrogen-bond donors (Lipinski definition) is 1. The van der Waals surface area contributed by atoms with Crippen molar-refractivity contribution in [3.05, 3.63) is 44.5 Å². The van der Waals surface area contributed by atoms with E-state index in [1.807, 2.05) is 19.4 Å². The number of esters is 1. The summed E-state index contributed by atoms with van der Waals surface area (Å²) in [6, 6.07) is 3.17. The molecule has 102 valence electrons. The third-order valence-electron chi connectivity index (χ3n) is 2.77. The van der Waals surface area contributed by atoms with Crippen LogP contribution < -0.4 is 5.32 Å². The van der Waals surface area contributed by atoms with Gasteiger partial charge in [0.05, 0.1) is 12.1 Å². The van der Waals surface area contributed by atoms with Gasteiger partial charge in [-0.1, -0.05) is 11.6 Å². The number of halogens is 1. The van der Waals surface area contributed by atoms with E-state index >= 15 is 0 Å². The smallest absolute Gasteiger partial charge is 0.373 e. The summed E-state index contributed by atoms with van der Waals surface area (Å²) in [5.74, 6) is 0.323. The van der Waals surface area contributed by atoms with Crippen molar-refractivity contribution in [2.45, 2.75) is 13.0 Å². The van der Waals surface area contributed by atoms with E-state index in [-0.39, 0.29) is 11.8 Å². The highest BCUT2D eigenvalue weighted by molar-refractivity contribution is 7.10. The van der Waals surface area contributed by atoms with Crippen molar-refractivity contribution in [3.8, 4) is 0 Å². The highest BCUT2D eigenvalue weighted by Gasteiger charge is 2.23. The quantitative estimate of drug-likeness (QED) is 0.879. The van der Waals surface area contributed by atoms with Crippen LogP contribution in [0.5, 0.6) is 0 Å². The van der Waals surface area contributed by atoms with Crippen LogP contribution in [0, 0.1) is 6.92 Å². The lowest BCUT2D eigenvalue weighted by atomic mass is 10.1. The maximum atomic E-state index is 11.4. The number of nitrogens with one attached hydrogen (secondary N) is 1. The lowest BCUT2D eigenvalue weighted by Crippen LogP contribution is -2.16. The molecule has 6 heteroatoms. The number of aryl methyl sites for hydroxylation is 1. The van der Waals surface area contributed by atoms with Crippen molar-refractivity contribution in [1.82, 2.24) is 5.32 Å². The first-order valence-corrected chi connectivity index (χ1v) is 6.93. The summed E-state index contributed by atoms with van der Waals surface area (Å²) in [6.45, 7) is 1.96. The molecule has 0 spiro atoms. The number of methoxy groups -OCH3 is 1. The first kappa shape index (κ1) is 14.1. The van der Waals surface area contributed by atoms with Gasteiger partial charge in [0.2, 0.25) is 5.76 Å². The van der Waals surface area contributed by atoms with Gasteiger partial charge in [-0.2, -0.15) is 0 Å². The summed E-state index contributed by atoms with van der Waals surface area (Å²) in [5, 5.41) is 5.85. The van der Waals surface area contributed by atoms with Crippen LogP contribution in [0.4, 0.5) is 0 Å². The molecular formula is C13H14ClNO3S. The van der Waals surface area contributed by atoms with Crippen molar-refractivity contribution in [3.63, 3.8) is 0 Å². The highest BCUT2D eigenvalue weighted by Crippen LogP contribution is 2.36. The van der Waals surface area contributed by atoms with Gasteiger partial charge >= 0.3 is 5.97 Å². The Bertz CT molecular complexity index is 590. The molecule has 0 aliphatic rings. The summed E-state index contributed by atoms with van der Waals surface area (Å²) < 4.78 is 10.1. The molecule has 2 rings (SSSR count). The summed E-state index contributed by atoms with van der Waals surface area (Å²) in [6.07, 6.45) is 0. The summed E-state index contributed by atoms with van der Waals surface area (Å²) >= 11 is 7.82. The van der Waals surface area contributed by atoms with E-state index in [0.717, 1.165) is 15.5 Å². The third kappa shape index (κ3) is 2.68. The fourth-order valence-electron chi connectivity index (χ4n) is 1.77. The number of ether oxygens (including phenoxy) is 1. The predicted octanol–water partition coefficient (Wildman–Crippen LogP) is 3.40. The summed E-state index contributed by atoms with van der Waals surface area (Å²) in [4.78, 5) is 12.4. The molecule has 0 saturated heterocycles. The topological polar surface area (TPSA) is 51.5 Å². The van der Waals surface area contributed by atoms with Crippen molar-refractivity contribution in [2.75, 3.05) is 14.2 Å². The van der Waals surface area contributed by atoms with Gasteiger partial charge in [-0.25, -0.2) is 4.79 Å². The fraction of sp³-hybridized carbons (Fsp3) is 0.308. The van der Waals surface area contributed by atoms with Crippen LogP contribution in [0.15, 0.2) is 21.9 Å². The predicted molar refractivity (Wildman–Crippen MR) is 75.0 cm³/mol. The fourth-order valence-corrected chi connectivity index (χ4v) is 3.18. The second-order valence-corrected chi connectivity index (χ2v) is 5.30. The van der Waals surface area contributed by atoms with Gasteiger partial charge in [-0.05, 0) is 37.0 Å². The van der Waals surface area contributed by atoms with Gasteiger partial charge in [0.15, 0.2) is 0 Å². The Labute approximate surface area is 120 Å². The zero-order chi connectivity index (χ0) is 14.0. The Morgan fingerprint density at radius 3 is 2.79 bits per heavy atom. The Kier molecular flexibility index (Phi) is 4.29. The normalized spacial score (nSPS) is 12.4. The minimum atomic E-state index is -0.491. The van der Waals surface area contributed by atoms with Gasteiger partial charge in [0.1, 0.15) is 11.8 Å². The van der Waals surface area contributed by atoms with E-state index in [9.17, 15) is 4.79 Å². The Balaban J connectivity index is 2.35. The first-order chi connectivity index (χ1) is 9.08. The van der Waals surface area contributed by atoms with Gasteiger partial charge < -0.3 is 14.5 Å². The number of hydrogen-bond acceptors (Lipinski definition) is 5. The summed E-state index contributed by atoms with van der Waals surface area (Å²) in [7, 11) is 3.13. The molecule has 0 aromatic carbocycles. The Morgan fingerprint density at radius 1 is 1.53 bits per heavy atom. The third-order valence-corrected chi connectivity index (χ3v) is 4.55. The summed E-state index contributed by atoms with van der Waals surface area (Å²) in [5.41, 5.74) is 1.03. The molecular weight excluding hydrogens is 286 g/mol. The van der Waals surface area contributed by atoms with E-state index in [4.69, 9.17) is 16.0 Å². The van der Waals surface area contributed by atoms with Crippen molar-refractivity contribution in [2.24, 2.45) is 0 Å². The minimum Gasteiger partial charge on any atom is -0.463 e. The SMILES string of the molecule is CNC(c1ccc(C(=O)OC)o1)c1scc(C)c1Cl. The lowest BCUT2D eigenvalue weighted by molar-refractivity contribution is 0.0562. The molecule has 19 heavy (non-hydrogen) atoms. The zero-order valence-corrected chi connectivity index (χ0v) is 12.4. The molecule has 0 saturated carbocycles. The molecule has 0 amide bonds. The number of carbonyl (C=O) groups excluding carboxylic acids is 1. The molecule has 2 heterocycles. The Morgan fingerprint density at radius 2 is 2.26 bits per heavy atom. The first-order valence-electron chi connectivity index (χ1n) is 5.67. The maximum absolute atomic E-state index is 11.4. The van der Waals surface area contributed by atoms with Crippen LogP contribution in [0.3, 0.4) is 0 Å². The second-order valence-electron chi connectivity index (χ2n) is 4.01. The molecule has 0 aliphatic heterocycles. The number of thiophene rings is 1. The van der Waals surface area contributed by atoms with Crippen LogP contribution in [-0.4, -0.2) is 20.1 Å². The number of furan rings is 1. The number of carbonyl (C=O) groups is 1. The van der Waals surface area contributed by atoms with E-state index in [0.29, 0.717) is 5.76 Å². The standard InChI is InChI=1S/C13H14ClNO3S/c1-7-6-19-12(10(7)14)11(15-2)8-4-5-9(18-8)13(16)17-3/h4-6,11,15H,1-3H3. The molecule has 4 nitrogen and oxygen atoms in total. The van der Waals surface area contributed by atoms with Crippen LogP contribution in [-0.2, 0) is 4.74 Å². The van der Waals surface area contributed by atoms with Gasteiger partial charge in [0, 0.05) is 4.88 Å². The minimum absolute atomic E-state index is 0.176. The van der Waals surface area contributed by atoms with Crippen molar-refractivity contribution < 1.29 is 13.9 Å². The molecule has 0 aliphatic carbocycles. The molecule has 1 atom stereocenters. The van der Waals surface area contributed by atoms with Crippen molar-refractivity contribution in [1.29, 1.82) is 0 Å². The van der Waals surface area contributed by atoms with Gasteiger partial charge in [-0.15, -0.1) is 11.3 Å². The van der Waals surface area contributed by atoms with Crippen molar-refractivity contribution >= 4 is 28.9 Å². The second kappa shape index (κ2) is 5.77. The zero-order valence-electron chi connectivity index (χ0n) is 10.8. The molecule has 2 aromatic heterocycles. The highest BCUT2D eigenvalue weighted by atomic mass is 35.5. The van der Waals surface area contributed by atoms with E-state index < -0.39 is 5.97 Å².